The molecule has 0 bridgehead atoms. The molecule has 0 aliphatic heterocycles. The Labute approximate surface area is 167 Å². The monoisotopic (exact) mass is 392 g/mol. The summed E-state index contributed by atoms with van der Waals surface area (Å²) in [6.07, 6.45) is 2.97. The van der Waals surface area contributed by atoms with Crippen LogP contribution in [0.3, 0.4) is 0 Å². The number of ether oxygens (including phenoxy) is 4. The van der Waals surface area contributed by atoms with Gasteiger partial charge >= 0.3 is 11.9 Å². The molecule has 0 spiro atoms. The third-order valence-electron chi connectivity index (χ3n) is 5.09. The highest BCUT2D eigenvalue weighted by atomic mass is 16.6. The molecular formula is C22H32O6. The molecule has 0 radical (unpaired) electrons. The molecular weight excluding hydrogens is 360 g/mol. The van der Waals surface area contributed by atoms with E-state index < -0.39 is 18.5 Å². The van der Waals surface area contributed by atoms with Crippen molar-refractivity contribution < 1.29 is 28.5 Å². The van der Waals surface area contributed by atoms with Crippen LogP contribution in [0.15, 0.2) is 24.3 Å². The third kappa shape index (κ3) is 6.73. The molecule has 6 nitrogen and oxygen atoms in total. The lowest BCUT2D eigenvalue weighted by molar-refractivity contribution is -0.167. The van der Waals surface area contributed by atoms with Crippen molar-refractivity contribution in [1.29, 1.82) is 0 Å². The van der Waals surface area contributed by atoms with E-state index in [-0.39, 0.29) is 12.7 Å². The molecule has 0 saturated heterocycles. The van der Waals surface area contributed by atoms with Crippen molar-refractivity contribution >= 4 is 11.9 Å². The fourth-order valence-electron chi connectivity index (χ4n) is 3.61. The highest BCUT2D eigenvalue weighted by Crippen LogP contribution is 2.35. The maximum Gasteiger partial charge on any atom is 0.344 e. The van der Waals surface area contributed by atoms with Crippen molar-refractivity contribution in [1.82, 2.24) is 0 Å². The number of rotatable bonds is 9. The van der Waals surface area contributed by atoms with Crippen LogP contribution in [0, 0.1) is 17.8 Å². The van der Waals surface area contributed by atoms with E-state index in [1.165, 1.54) is 0 Å². The van der Waals surface area contributed by atoms with Crippen LogP contribution in [0.4, 0.5) is 0 Å². The molecule has 1 aliphatic carbocycles. The Balaban J connectivity index is 1.77. The summed E-state index contributed by atoms with van der Waals surface area (Å²) in [6.45, 7) is 8.14. The number of benzene rings is 1. The van der Waals surface area contributed by atoms with E-state index in [9.17, 15) is 9.59 Å². The van der Waals surface area contributed by atoms with E-state index in [1.807, 2.05) is 13.0 Å². The van der Waals surface area contributed by atoms with Crippen LogP contribution < -0.4 is 9.47 Å². The topological polar surface area (TPSA) is 71.1 Å². The van der Waals surface area contributed by atoms with Crippen molar-refractivity contribution in [3.05, 3.63) is 24.3 Å². The van der Waals surface area contributed by atoms with Gasteiger partial charge in [0, 0.05) is 0 Å². The van der Waals surface area contributed by atoms with E-state index in [0.717, 1.165) is 19.3 Å². The summed E-state index contributed by atoms with van der Waals surface area (Å²) in [5.74, 6) is 1.23. The summed E-state index contributed by atoms with van der Waals surface area (Å²) in [7, 11) is 0. The molecule has 28 heavy (non-hydrogen) atoms. The first-order valence-corrected chi connectivity index (χ1v) is 10.1. The molecule has 0 aromatic heterocycles. The SMILES string of the molecule is CCOc1ccccc1OCC(=O)OCC(=O)OC1CC(C)CCC1C(C)C. The van der Waals surface area contributed by atoms with Gasteiger partial charge in [-0.2, -0.15) is 0 Å². The summed E-state index contributed by atoms with van der Waals surface area (Å²) in [4.78, 5) is 24.1. The molecule has 1 aliphatic rings. The molecule has 3 atom stereocenters. The quantitative estimate of drug-likeness (QED) is 0.591. The number of hydrogen-bond donors (Lipinski definition) is 0. The predicted molar refractivity (Wildman–Crippen MR) is 105 cm³/mol. The minimum absolute atomic E-state index is 0.107. The molecule has 2 rings (SSSR count). The van der Waals surface area contributed by atoms with Crippen LogP contribution in [-0.2, 0) is 19.1 Å². The first-order chi connectivity index (χ1) is 13.4. The summed E-state index contributed by atoms with van der Waals surface area (Å²) < 4.78 is 21.5. The first-order valence-electron chi connectivity index (χ1n) is 10.1. The number of carbonyl (C=O) groups excluding carboxylic acids is 2. The summed E-state index contributed by atoms with van der Waals surface area (Å²) >= 11 is 0. The molecule has 0 heterocycles. The zero-order chi connectivity index (χ0) is 20.5. The Bertz CT molecular complexity index is 642. The van der Waals surface area contributed by atoms with Gasteiger partial charge in [0.05, 0.1) is 6.61 Å². The van der Waals surface area contributed by atoms with Gasteiger partial charge in [-0.15, -0.1) is 0 Å². The molecule has 1 aromatic rings. The Morgan fingerprint density at radius 3 is 2.36 bits per heavy atom. The zero-order valence-electron chi connectivity index (χ0n) is 17.3. The van der Waals surface area contributed by atoms with Crippen molar-refractivity contribution in [3.8, 4) is 11.5 Å². The third-order valence-corrected chi connectivity index (χ3v) is 5.09. The van der Waals surface area contributed by atoms with E-state index in [4.69, 9.17) is 18.9 Å². The minimum Gasteiger partial charge on any atom is -0.490 e. The Hall–Kier alpha value is -2.24. The van der Waals surface area contributed by atoms with Crippen molar-refractivity contribution in [2.75, 3.05) is 19.8 Å². The largest absolute Gasteiger partial charge is 0.490 e. The van der Waals surface area contributed by atoms with Gasteiger partial charge in [-0.05, 0) is 49.7 Å². The maximum absolute atomic E-state index is 12.1. The van der Waals surface area contributed by atoms with Gasteiger partial charge in [0.25, 0.3) is 0 Å². The zero-order valence-corrected chi connectivity index (χ0v) is 17.3. The van der Waals surface area contributed by atoms with Crippen LogP contribution in [0.25, 0.3) is 0 Å². The van der Waals surface area contributed by atoms with E-state index in [0.29, 0.717) is 35.9 Å². The lowest BCUT2D eigenvalue weighted by atomic mass is 9.75. The number of hydrogen-bond acceptors (Lipinski definition) is 6. The number of esters is 2. The van der Waals surface area contributed by atoms with Crippen LogP contribution in [0.2, 0.25) is 0 Å². The Morgan fingerprint density at radius 1 is 1.04 bits per heavy atom. The van der Waals surface area contributed by atoms with Gasteiger partial charge in [-0.1, -0.05) is 39.3 Å². The first kappa shape index (κ1) is 22.1. The lowest BCUT2D eigenvalue weighted by Gasteiger charge is -2.36. The smallest absolute Gasteiger partial charge is 0.344 e. The van der Waals surface area contributed by atoms with Gasteiger partial charge in [-0.3, -0.25) is 0 Å². The van der Waals surface area contributed by atoms with Crippen molar-refractivity contribution in [3.63, 3.8) is 0 Å². The van der Waals surface area contributed by atoms with Crippen LogP contribution >= 0.6 is 0 Å². The second-order valence-electron chi connectivity index (χ2n) is 7.68. The van der Waals surface area contributed by atoms with Gasteiger partial charge in [0.15, 0.2) is 24.7 Å². The lowest BCUT2D eigenvalue weighted by Crippen LogP contribution is -2.37. The minimum atomic E-state index is -0.624. The molecule has 156 valence electrons. The fourth-order valence-corrected chi connectivity index (χ4v) is 3.61. The fraction of sp³-hybridized carbons (Fsp3) is 0.636. The molecule has 0 N–H and O–H groups in total. The van der Waals surface area contributed by atoms with Crippen LogP contribution in [-0.4, -0.2) is 37.9 Å². The standard InChI is InChI=1S/C22H32O6/c1-5-25-18-8-6-7-9-19(18)26-13-21(23)27-14-22(24)28-20-12-16(4)10-11-17(20)15(2)3/h6-9,15-17,20H,5,10-14H2,1-4H3. The summed E-state index contributed by atoms with van der Waals surface area (Å²) in [5, 5.41) is 0. The maximum atomic E-state index is 12.1. The molecule has 6 heteroatoms. The number of carbonyl (C=O) groups is 2. The van der Waals surface area contributed by atoms with E-state index >= 15 is 0 Å². The molecule has 1 aromatic carbocycles. The average molecular weight is 392 g/mol. The Kier molecular flexibility index (Phi) is 8.61. The Morgan fingerprint density at radius 2 is 1.71 bits per heavy atom. The van der Waals surface area contributed by atoms with Crippen LogP contribution in [0.1, 0.15) is 47.0 Å². The van der Waals surface area contributed by atoms with E-state index in [2.05, 4.69) is 20.8 Å². The molecule has 1 fully saturated rings. The van der Waals surface area contributed by atoms with Gasteiger partial charge < -0.3 is 18.9 Å². The average Bonchev–Trinajstić information content (AvgIpc) is 2.65. The normalized spacial score (nSPS) is 21.8. The molecule has 3 unspecified atom stereocenters. The molecule has 1 saturated carbocycles. The predicted octanol–water partition coefficient (Wildman–Crippen LogP) is 4.01. The highest BCUT2D eigenvalue weighted by molar-refractivity contribution is 5.77. The molecule has 0 amide bonds. The van der Waals surface area contributed by atoms with Crippen LogP contribution in [0.5, 0.6) is 11.5 Å². The highest BCUT2D eigenvalue weighted by Gasteiger charge is 2.33. The van der Waals surface area contributed by atoms with Gasteiger partial charge in [0.1, 0.15) is 6.10 Å². The second-order valence-corrected chi connectivity index (χ2v) is 7.68. The van der Waals surface area contributed by atoms with Gasteiger partial charge in [0.2, 0.25) is 0 Å². The number of para-hydroxylation sites is 2. The summed E-state index contributed by atoms with van der Waals surface area (Å²) in [6, 6.07) is 7.08. The van der Waals surface area contributed by atoms with Gasteiger partial charge in [-0.25, -0.2) is 9.59 Å². The van der Waals surface area contributed by atoms with E-state index in [1.54, 1.807) is 18.2 Å². The summed E-state index contributed by atoms with van der Waals surface area (Å²) in [5.41, 5.74) is 0. The second kappa shape index (κ2) is 10.9. The van der Waals surface area contributed by atoms with Crippen molar-refractivity contribution in [2.24, 2.45) is 17.8 Å². The van der Waals surface area contributed by atoms with Crippen molar-refractivity contribution in [2.45, 2.75) is 53.1 Å².